The average molecular weight is 415 g/mol. The Labute approximate surface area is 179 Å². The highest BCUT2D eigenvalue weighted by molar-refractivity contribution is 7.99. The van der Waals surface area contributed by atoms with Gasteiger partial charge in [0, 0.05) is 51.1 Å². The van der Waals surface area contributed by atoms with Crippen LogP contribution < -0.4 is 5.32 Å². The fraction of sp³-hybridized carbons (Fsp3) is 0.609. The highest BCUT2D eigenvalue weighted by Crippen LogP contribution is 2.33. The van der Waals surface area contributed by atoms with E-state index < -0.39 is 0 Å². The summed E-state index contributed by atoms with van der Waals surface area (Å²) in [5, 5.41) is 3.74. The molecule has 158 valence electrons. The Morgan fingerprint density at radius 1 is 1.17 bits per heavy atom. The molecule has 1 aromatic carbocycles. The fourth-order valence-corrected chi connectivity index (χ4v) is 6.12. The monoisotopic (exact) mass is 414 g/mol. The Kier molecular flexibility index (Phi) is 7.16. The summed E-state index contributed by atoms with van der Waals surface area (Å²) in [6.45, 7) is 6.90. The number of likely N-dealkylation sites (tertiary alicyclic amines) is 1. The Balaban J connectivity index is 1.33. The van der Waals surface area contributed by atoms with Gasteiger partial charge in [-0.3, -0.25) is 9.89 Å². The first-order valence-corrected chi connectivity index (χ1v) is 12.1. The van der Waals surface area contributed by atoms with Crippen molar-refractivity contribution in [3.8, 4) is 0 Å². The number of thioether (sulfide) groups is 1. The second-order valence-corrected chi connectivity index (χ2v) is 9.33. The molecule has 3 fully saturated rings. The number of aliphatic imine (C=N–C) groups is 1. The summed E-state index contributed by atoms with van der Waals surface area (Å²) < 4.78 is 5.59. The van der Waals surface area contributed by atoms with Gasteiger partial charge in [0.2, 0.25) is 0 Å². The van der Waals surface area contributed by atoms with Crippen molar-refractivity contribution < 1.29 is 4.74 Å². The Morgan fingerprint density at radius 3 is 2.59 bits per heavy atom. The SMILES string of the molecule is CN=C(NCC1(N2CCOCC2)CCSC1)N1CCC(=Cc2ccccc2)CC1. The van der Waals surface area contributed by atoms with Crippen LogP contribution in [0.4, 0.5) is 0 Å². The van der Waals surface area contributed by atoms with Gasteiger partial charge in [-0.1, -0.05) is 42.0 Å². The number of hydrogen-bond donors (Lipinski definition) is 1. The zero-order valence-corrected chi connectivity index (χ0v) is 18.4. The van der Waals surface area contributed by atoms with Crippen molar-refractivity contribution in [2.24, 2.45) is 4.99 Å². The van der Waals surface area contributed by atoms with Gasteiger partial charge >= 0.3 is 0 Å². The molecule has 1 atom stereocenters. The van der Waals surface area contributed by atoms with Crippen molar-refractivity contribution in [2.75, 3.05) is 64.5 Å². The minimum Gasteiger partial charge on any atom is -0.379 e. The zero-order chi connectivity index (χ0) is 19.9. The van der Waals surface area contributed by atoms with Crippen molar-refractivity contribution in [3.05, 3.63) is 41.5 Å². The highest BCUT2D eigenvalue weighted by atomic mass is 32.2. The number of guanidine groups is 1. The second-order valence-electron chi connectivity index (χ2n) is 8.23. The number of morpholine rings is 1. The number of benzene rings is 1. The highest BCUT2D eigenvalue weighted by Gasteiger charge is 2.41. The lowest BCUT2D eigenvalue weighted by Gasteiger charge is -2.44. The lowest BCUT2D eigenvalue weighted by atomic mass is 9.95. The largest absolute Gasteiger partial charge is 0.379 e. The van der Waals surface area contributed by atoms with Gasteiger partial charge in [-0.05, 0) is 30.6 Å². The number of nitrogens with one attached hydrogen (secondary N) is 1. The van der Waals surface area contributed by atoms with Crippen LogP contribution in [0.25, 0.3) is 6.08 Å². The number of rotatable bonds is 4. The van der Waals surface area contributed by atoms with E-state index in [1.54, 1.807) is 5.57 Å². The van der Waals surface area contributed by atoms with Crippen molar-refractivity contribution >= 4 is 23.8 Å². The first-order valence-electron chi connectivity index (χ1n) is 10.9. The van der Waals surface area contributed by atoms with E-state index in [-0.39, 0.29) is 5.54 Å². The van der Waals surface area contributed by atoms with Crippen molar-refractivity contribution in [1.82, 2.24) is 15.1 Å². The molecule has 0 bridgehead atoms. The Bertz CT molecular complexity index is 699. The number of nitrogens with zero attached hydrogens (tertiary/aromatic N) is 3. The predicted octanol–water partition coefficient (Wildman–Crippen LogP) is 2.95. The van der Waals surface area contributed by atoms with Gasteiger partial charge in [-0.25, -0.2) is 0 Å². The summed E-state index contributed by atoms with van der Waals surface area (Å²) in [6.07, 6.45) is 5.84. The molecule has 6 heteroatoms. The molecule has 1 aromatic rings. The normalized spacial score (nSPS) is 26.6. The molecule has 0 amide bonds. The first-order chi connectivity index (χ1) is 14.3. The summed E-state index contributed by atoms with van der Waals surface area (Å²) in [5.41, 5.74) is 3.10. The van der Waals surface area contributed by atoms with E-state index >= 15 is 0 Å². The first kappa shape index (κ1) is 20.8. The molecule has 0 spiro atoms. The summed E-state index contributed by atoms with van der Waals surface area (Å²) in [4.78, 5) is 9.71. The predicted molar refractivity (Wildman–Crippen MR) is 124 cm³/mol. The molecule has 5 nitrogen and oxygen atoms in total. The van der Waals surface area contributed by atoms with Crippen LogP contribution in [0, 0.1) is 0 Å². The van der Waals surface area contributed by atoms with Gasteiger partial charge in [0.15, 0.2) is 5.96 Å². The van der Waals surface area contributed by atoms with Gasteiger partial charge in [0.05, 0.1) is 13.2 Å². The number of piperidine rings is 1. The fourth-order valence-electron chi connectivity index (χ4n) is 4.65. The van der Waals surface area contributed by atoms with E-state index in [0.717, 1.165) is 64.7 Å². The maximum atomic E-state index is 5.59. The summed E-state index contributed by atoms with van der Waals surface area (Å²) in [6, 6.07) is 10.7. The maximum Gasteiger partial charge on any atom is 0.193 e. The van der Waals surface area contributed by atoms with E-state index in [0.29, 0.717) is 0 Å². The second kappa shape index (κ2) is 10.0. The number of hydrogen-bond acceptors (Lipinski definition) is 4. The van der Waals surface area contributed by atoms with E-state index in [1.165, 1.54) is 23.5 Å². The lowest BCUT2D eigenvalue weighted by Crippen LogP contribution is -2.60. The molecule has 0 radical (unpaired) electrons. The van der Waals surface area contributed by atoms with Crippen LogP contribution >= 0.6 is 11.8 Å². The smallest absolute Gasteiger partial charge is 0.193 e. The zero-order valence-electron chi connectivity index (χ0n) is 17.6. The average Bonchev–Trinajstić information content (AvgIpc) is 3.27. The molecular formula is C23H34N4OS. The molecular weight excluding hydrogens is 380 g/mol. The molecule has 3 saturated heterocycles. The van der Waals surface area contributed by atoms with Crippen LogP contribution in [0.15, 0.2) is 40.9 Å². The summed E-state index contributed by atoms with van der Waals surface area (Å²) in [7, 11) is 1.92. The standard InChI is InChI=1S/C23H34N4OS/c1-24-22(25-18-23(9-16-29-19-23)27-12-14-28-15-13-27)26-10-7-21(8-11-26)17-20-5-3-2-4-6-20/h2-6,17H,7-16,18-19H2,1H3,(H,24,25). The van der Waals surface area contributed by atoms with Crippen molar-refractivity contribution in [2.45, 2.75) is 24.8 Å². The van der Waals surface area contributed by atoms with Crippen molar-refractivity contribution in [3.63, 3.8) is 0 Å². The summed E-state index contributed by atoms with van der Waals surface area (Å²) >= 11 is 2.09. The molecule has 1 N–H and O–H groups in total. The molecule has 0 aromatic heterocycles. The van der Waals surface area contributed by atoms with Crippen LogP contribution in [0.5, 0.6) is 0 Å². The molecule has 4 rings (SSSR count). The molecule has 0 aliphatic carbocycles. The quantitative estimate of drug-likeness (QED) is 0.606. The van der Waals surface area contributed by atoms with E-state index in [2.05, 4.69) is 68.3 Å². The Morgan fingerprint density at radius 2 is 1.93 bits per heavy atom. The Hall–Kier alpha value is -1.50. The van der Waals surface area contributed by atoms with Crippen LogP contribution in [0.3, 0.4) is 0 Å². The van der Waals surface area contributed by atoms with Gasteiger partial charge in [0.1, 0.15) is 0 Å². The summed E-state index contributed by atoms with van der Waals surface area (Å²) in [5.74, 6) is 3.53. The molecule has 3 aliphatic heterocycles. The van der Waals surface area contributed by atoms with Gasteiger partial charge < -0.3 is 15.0 Å². The van der Waals surface area contributed by atoms with Crippen LogP contribution in [0.1, 0.15) is 24.8 Å². The van der Waals surface area contributed by atoms with Gasteiger partial charge in [-0.15, -0.1) is 0 Å². The maximum absolute atomic E-state index is 5.59. The van der Waals surface area contributed by atoms with Crippen LogP contribution in [-0.4, -0.2) is 85.8 Å². The van der Waals surface area contributed by atoms with Crippen LogP contribution in [-0.2, 0) is 4.74 Å². The molecule has 3 aliphatic rings. The third-order valence-electron chi connectivity index (χ3n) is 6.43. The van der Waals surface area contributed by atoms with E-state index in [1.807, 2.05) is 7.05 Å². The van der Waals surface area contributed by atoms with E-state index in [9.17, 15) is 0 Å². The molecule has 29 heavy (non-hydrogen) atoms. The number of ether oxygens (including phenoxy) is 1. The molecule has 0 saturated carbocycles. The minimum atomic E-state index is 0.249. The van der Waals surface area contributed by atoms with Crippen LogP contribution in [0.2, 0.25) is 0 Å². The molecule has 3 heterocycles. The van der Waals surface area contributed by atoms with Gasteiger partial charge in [-0.2, -0.15) is 11.8 Å². The van der Waals surface area contributed by atoms with Crippen molar-refractivity contribution in [1.29, 1.82) is 0 Å². The lowest BCUT2D eigenvalue weighted by molar-refractivity contribution is -0.0121. The third-order valence-corrected chi connectivity index (χ3v) is 7.66. The van der Waals surface area contributed by atoms with Gasteiger partial charge in [0.25, 0.3) is 0 Å². The molecule has 1 unspecified atom stereocenters. The van der Waals surface area contributed by atoms with E-state index in [4.69, 9.17) is 4.74 Å². The third kappa shape index (κ3) is 5.16. The minimum absolute atomic E-state index is 0.249. The topological polar surface area (TPSA) is 40.1 Å².